The molecule has 158 valence electrons. The quantitative estimate of drug-likeness (QED) is 0.672. The number of benzene rings is 1. The zero-order chi connectivity index (χ0) is 20.9. The molecular weight excluding hydrogens is 449 g/mol. The summed E-state index contributed by atoms with van der Waals surface area (Å²) in [7, 11) is -4.21. The van der Waals surface area contributed by atoms with Crippen molar-refractivity contribution in [3.8, 4) is 0 Å². The van der Waals surface area contributed by atoms with E-state index in [4.69, 9.17) is 11.6 Å². The largest absolute Gasteiger partial charge is 0.382 e. The summed E-state index contributed by atoms with van der Waals surface area (Å²) >= 11 is 7.23. The fourth-order valence-electron chi connectivity index (χ4n) is 4.09. The third kappa shape index (κ3) is 4.05. The Kier molecular flexibility index (Phi) is 5.21. The highest BCUT2D eigenvalue weighted by molar-refractivity contribution is 7.93. The lowest BCUT2D eigenvalue weighted by molar-refractivity contribution is 0.00976. The van der Waals surface area contributed by atoms with Gasteiger partial charge in [0.2, 0.25) is 0 Å². The van der Waals surface area contributed by atoms with Crippen molar-refractivity contribution in [2.24, 2.45) is 0 Å². The molecular formula is C17H18ClF3N4O2S2. The number of nitrogens with zero attached hydrogens (tertiary/aromatic N) is 2. The summed E-state index contributed by atoms with van der Waals surface area (Å²) in [6.45, 7) is 0.487. The molecule has 3 heterocycles. The molecule has 1 aromatic heterocycles. The normalized spacial score (nSPS) is 23.9. The number of thiazole rings is 1. The summed E-state index contributed by atoms with van der Waals surface area (Å²) in [4.78, 5) is 4.96. The fraction of sp³-hybridized carbons (Fsp3) is 0.471. The number of aromatic nitrogens is 1. The van der Waals surface area contributed by atoms with Crippen LogP contribution < -0.4 is 10.0 Å². The molecule has 0 spiro atoms. The molecule has 1 aromatic carbocycles. The van der Waals surface area contributed by atoms with E-state index < -0.39 is 32.2 Å². The number of halogens is 4. The number of hydrogen-bond acceptors (Lipinski definition) is 6. The summed E-state index contributed by atoms with van der Waals surface area (Å²) in [5.74, 6) is -3.75. The van der Waals surface area contributed by atoms with Gasteiger partial charge in [0.05, 0.1) is 17.3 Å². The first kappa shape index (κ1) is 20.7. The second kappa shape index (κ2) is 7.29. The summed E-state index contributed by atoms with van der Waals surface area (Å²) in [5.41, 5.74) is -0.547. The Morgan fingerprint density at radius 3 is 2.86 bits per heavy atom. The Bertz CT molecular complexity index is 1020. The number of hydrogen-bond donors (Lipinski definition) is 2. The third-order valence-corrected chi connectivity index (χ3v) is 7.81. The molecule has 0 saturated carbocycles. The molecule has 0 bridgehead atoms. The van der Waals surface area contributed by atoms with Gasteiger partial charge in [0, 0.05) is 30.1 Å². The van der Waals surface area contributed by atoms with Gasteiger partial charge in [0.15, 0.2) is 5.13 Å². The van der Waals surface area contributed by atoms with E-state index in [1.165, 1.54) is 6.20 Å². The highest BCUT2D eigenvalue weighted by Gasteiger charge is 2.56. The van der Waals surface area contributed by atoms with Crippen molar-refractivity contribution < 1.29 is 21.6 Å². The molecule has 6 nitrogen and oxygen atoms in total. The number of rotatable bonds is 6. The zero-order valence-electron chi connectivity index (χ0n) is 15.1. The summed E-state index contributed by atoms with van der Waals surface area (Å²) in [6.07, 6.45) is 2.58. The molecule has 0 aliphatic carbocycles. The standard InChI is InChI=1S/C17H18ClF3N4O2S2/c18-11-6-14(29(26,27)24-15-22-3-5-28-15)12(19)7-13(11)23-9-16-2-1-4-25(16)10-17(20,21)8-16/h3,5-7,23H,1-2,4,8-10H2,(H,22,24)/t16-/m0/s1. The molecule has 2 fully saturated rings. The van der Waals surface area contributed by atoms with Gasteiger partial charge in [-0.2, -0.15) is 0 Å². The van der Waals surface area contributed by atoms with E-state index in [2.05, 4.69) is 15.0 Å². The van der Waals surface area contributed by atoms with Gasteiger partial charge >= 0.3 is 0 Å². The van der Waals surface area contributed by atoms with Gasteiger partial charge in [-0.05, 0) is 31.5 Å². The minimum Gasteiger partial charge on any atom is -0.382 e. The number of sulfonamides is 1. The van der Waals surface area contributed by atoms with Crippen LogP contribution in [-0.4, -0.2) is 49.4 Å². The Morgan fingerprint density at radius 1 is 1.34 bits per heavy atom. The number of alkyl halides is 2. The second-order valence-electron chi connectivity index (χ2n) is 7.34. The number of fused-ring (bicyclic) bond motifs is 1. The summed E-state index contributed by atoms with van der Waals surface area (Å²) < 4.78 is 69.4. The zero-order valence-corrected chi connectivity index (χ0v) is 17.5. The van der Waals surface area contributed by atoms with Crippen molar-refractivity contribution in [1.29, 1.82) is 0 Å². The second-order valence-corrected chi connectivity index (χ2v) is 10.3. The van der Waals surface area contributed by atoms with Crippen LogP contribution in [0.25, 0.3) is 0 Å². The highest BCUT2D eigenvalue weighted by Crippen LogP contribution is 2.46. The molecule has 2 N–H and O–H groups in total. The van der Waals surface area contributed by atoms with Crippen molar-refractivity contribution in [2.45, 2.75) is 35.6 Å². The maximum atomic E-state index is 14.6. The van der Waals surface area contributed by atoms with E-state index in [1.54, 1.807) is 10.3 Å². The van der Waals surface area contributed by atoms with Gasteiger partial charge in [-0.15, -0.1) is 11.3 Å². The Labute approximate surface area is 175 Å². The van der Waals surface area contributed by atoms with Crippen molar-refractivity contribution in [3.63, 3.8) is 0 Å². The van der Waals surface area contributed by atoms with Crippen LogP contribution in [-0.2, 0) is 10.0 Å². The molecule has 0 radical (unpaired) electrons. The number of anilines is 2. The summed E-state index contributed by atoms with van der Waals surface area (Å²) in [6, 6.07) is 1.98. The van der Waals surface area contributed by atoms with Gasteiger partial charge in [-0.1, -0.05) is 11.6 Å². The predicted molar refractivity (Wildman–Crippen MR) is 106 cm³/mol. The first-order valence-corrected chi connectivity index (χ1v) is 11.6. The van der Waals surface area contributed by atoms with Crippen molar-refractivity contribution >= 4 is 43.8 Å². The SMILES string of the molecule is O=S(=O)(Nc1nccs1)c1cc(Cl)c(NC[C@@]23CCCN2CC(F)(F)C3)cc1F. The van der Waals surface area contributed by atoms with Crippen LogP contribution in [0.5, 0.6) is 0 Å². The van der Waals surface area contributed by atoms with Crippen LogP contribution in [0.15, 0.2) is 28.6 Å². The monoisotopic (exact) mass is 466 g/mol. The van der Waals surface area contributed by atoms with Gasteiger partial charge in [-0.25, -0.2) is 26.6 Å². The molecule has 4 rings (SSSR count). The maximum Gasteiger partial charge on any atom is 0.266 e. The molecule has 29 heavy (non-hydrogen) atoms. The molecule has 1 atom stereocenters. The smallest absolute Gasteiger partial charge is 0.266 e. The maximum absolute atomic E-state index is 14.6. The van der Waals surface area contributed by atoms with Crippen molar-refractivity contribution in [3.05, 3.63) is 34.5 Å². The minimum atomic E-state index is -4.21. The lowest BCUT2D eigenvalue weighted by Gasteiger charge is -2.32. The summed E-state index contributed by atoms with van der Waals surface area (Å²) in [5, 5.41) is 4.61. The van der Waals surface area contributed by atoms with E-state index in [9.17, 15) is 21.6 Å². The minimum absolute atomic E-state index is 0.0170. The lowest BCUT2D eigenvalue weighted by Crippen LogP contribution is -2.44. The molecule has 2 saturated heterocycles. The van der Waals surface area contributed by atoms with Gasteiger partial charge < -0.3 is 5.32 Å². The first-order valence-electron chi connectivity index (χ1n) is 8.88. The van der Waals surface area contributed by atoms with Crippen LogP contribution in [0.4, 0.5) is 24.0 Å². The van der Waals surface area contributed by atoms with E-state index in [1.807, 2.05) is 0 Å². The van der Waals surface area contributed by atoms with E-state index in [0.29, 0.717) is 13.0 Å². The van der Waals surface area contributed by atoms with Crippen LogP contribution in [0.3, 0.4) is 0 Å². The number of nitrogens with one attached hydrogen (secondary N) is 2. The topological polar surface area (TPSA) is 74.3 Å². The van der Waals surface area contributed by atoms with Crippen LogP contribution >= 0.6 is 22.9 Å². The van der Waals surface area contributed by atoms with E-state index in [-0.39, 0.29) is 35.4 Å². The first-order chi connectivity index (χ1) is 13.6. The van der Waals surface area contributed by atoms with Gasteiger partial charge in [-0.3, -0.25) is 9.62 Å². The van der Waals surface area contributed by atoms with Crippen LogP contribution in [0, 0.1) is 5.82 Å². The van der Waals surface area contributed by atoms with E-state index >= 15 is 0 Å². The molecule has 2 aliphatic heterocycles. The molecule has 2 aromatic rings. The Morgan fingerprint density at radius 2 is 2.14 bits per heavy atom. The van der Waals surface area contributed by atoms with Crippen LogP contribution in [0.2, 0.25) is 5.02 Å². The van der Waals surface area contributed by atoms with Gasteiger partial charge in [0.25, 0.3) is 15.9 Å². The highest BCUT2D eigenvalue weighted by atomic mass is 35.5. The van der Waals surface area contributed by atoms with Crippen molar-refractivity contribution in [2.75, 3.05) is 29.7 Å². The Balaban J connectivity index is 1.53. The average molecular weight is 467 g/mol. The molecule has 2 aliphatic rings. The molecule has 0 amide bonds. The molecule has 12 heteroatoms. The third-order valence-electron chi connectivity index (χ3n) is 5.32. The van der Waals surface area contributed by atoms with Gasteiger partial charge in [0.1, 0.15) is 10.7 Å². The Hall–Kier alpha value is -1.56. The van der Waals surface area contributed by atoms with Crippen LogP contribution in [0.1, 0.15) is 19.3 Å². The van der Waals surface area contributed by atoms with Crippen molar-refractivity contribution in [1.82, 2.24) is 9.88 Å². The average Bonchev–Trinajstić information content (AvgIpc) is 3.29. The molecule has 0 unspecified atom stereocenters. The predicted octanol–water partition coefficient (Wildman–Crippen LogP) is 4.02. The fourth-order valence-corrected chi connectivity index (χ4v) is 6.26. The lowest BCUT2D eigenvalue weighted by atomic mass is 9.93. The van der Waals surface area contributed by atoms with E-state index in [0.717, 1.165) is 29.9 Å².